The first-order valence-corrected chi connectivity index (χ1v) is 14.3. The van der Waals surface area contributed by atoms with Gasteiger partial charge in [0.05, 0.1) is 5.75 Å². The van der Waals surface area contributed by atoms with Gasteiger partial charge in [0.1, 0.15) is 17.8 Å². The Hall–Kier alpha value is -3.29. The Morgan fingerprint density at radius 1 is 1.19 bits per heavy atom. The fraction of sp³-hybridized carbons (Fsp3) is 0.375. The van der Waals surface area contributed by atoms with Crippen LogP contribution in [-0.4, -0.2) is 47.0 Å². The number of anilines is 1. The molecule has 0 spiro atoms. The van der Waals surface area contributed by atoms with E-state index in [9.17, 15) is 8.42 Å². The number of sulfonamides is 1. The highest BCUT2D eigenvalue weighted by Crippen LogP contribution is 2.45. The second-order valence-corrected chi connectivity index (χ2v) is 12.0. The number of aryl methyl sites for hydroxylation is 2. The molecule has 13 heteroatoms. The average molecular weight is 545 g/mol. The summed E-state index contributed by atoms with van der Waals surface area (Å²) in [4.78, 5) is 14.1. The number of nitrogens with zero attached hydrogens (tertiary/aromatic N) is 4. The Balaban J connectivity index is 1.47. The number of ether oxygens (including phenoxy) is 2. The molecule has 3 N–H and O–H groups in total. The van der Waals surface area contributed by atoms with E-state index in [1.54, 1.807) is 0 Å². The van der Waals surface area contributed by atoms with Crippen LogP contribution in [-0.2, 0) is 16.6 Å². The summed E-state index contributed by atoms with van der Waals surface area (Å²) < 4.78 is 46.2. The van der Waals surface area contributed by atoms with Gasteiger partial charge in [0.15, 0.2) is 33.6 Å². The van der Waals surface area contributed by atoms with E-state index in [1.807, 2.05) is 49.6 Å². The number of nitrogens with two attached hydrogens (primary N) is 1. The molecule has 0 fully saturated rings. The number of fused-ring (bicyclic) bond motifs is 2. The lowest BCUT2D eigenvalue weighted by Crippen LogP contribution is -2.29. The summed E-state index contributed by atoms with van der Waals surface area (Å²) in [6, 6.07) is 7.61. The van der Waals surface area contributed by atoms with Crippen molar-refractivity contribution in [2.45, 2.75) is 43.8 Å². The van der Waals surface area contributed by atoms with Gasteiger partial charge in [0.2, 0.25) is 16.8 Å². The molecule has 1 aromatic carbocycles. The van der Waals surface area contributed by atoms with Crippen molar-refractivity contribution < 1.29 is 22.3 Å². The minimum Gasteiger partial charge on any atom is -0.461 e. The first-order chi connectivity index (χ1) is 17.7. The highest BCUT2D eigenvalue weighted by Gasteiger charge is 2.23. The zero-order valence-electron chi connectivity index (χ0n) is 20.7. The second-order valence-electron chi connectivity index (χ2n) is 9.11. The van der Waals surface area contributed by atoms with Gasteiger partial charge in [-0.25, -0.2) is 28.1 Å². The van der Waals surface area contributed by atoms with E-state index in [4.69, 9.17) is 24.6 Å². The van der Waals surface area contributed by atoms with Crippen LogP contribution in [0.25, 0.3) is 22.5 Å². The number of benzene rings is 1. The quantitative estimate of drug-likeness (QED) is 0.282. The Labute approximate surface area is 218 Å². The smallest absolute Gasteiger partial charge is 0.231 e. The van der Waals surface area contributed by atoms with Gasteiger partial charge in [0, 0.05) is 23.5 Å². The normalized spacial score (nSPS) is 13.2. The molecule has 0 saturated heterocycles. The SMILES string of the molecule is Cc1ccc(-c2cc3c(cc2Sc2nc4c(N)ncnc4n2CCCNS(=O)(=O)CC(C)C)OCO3)o1. The molecule has 0 bridgehead atoms. The van der Waals surface area contributed by atoms with Crippen LogP contribution < -0.4 is 19.9 Å². The van der Waals surface area contributed by atoms with E-state index in [-0.39, 0.29) is 24.3 Å². The van der Waals surface area contributed by atoms with Gasteiger partial charge < -0.3 is 24.2 Å². The van der Waals surface area contributed by atoms with E-state index in [1.165, 1.54) is 18.1 Å². The van der Waals surface area contributed by atoms with Crippen LogP contribution in [0.3, 0.4) is 0 Å². The van der Waals surface area contributed by atoms with Gasteiger partial charge in [-0.15, -0.1) is 0 Å². The summed E-state index contributed by atoms with van der Waals surface area (Å²) in [6.45, 7) is 6.55. The Kier molecular flexibility index (Phi) is 7.01. The molecular weight excluding hydrogens is 516 g/mol. The lowest BCUT2D eigenvalue weighted by molar-refractivity contribution is 0.174. The Bertz CT molecular complexity index is 1550. The van der Waals surface area contributed by atoms with E-state index >= 15 is 0 Å². The lowest BCUT2D eigenvalue weighted by atomic mass is 10.1. The third-order valence-corrected chi connectivity index (χ3v) is 8.44. The molecule has 0 atom stereocenters. The van der Waals surface area contributed by atoms with Crippen molar-refractivity contribution in [1.29, 1.82) is 0 Å². The Morgan fingerprint density at radius 3 is 2.70 bits per heavy atom. The van der Waals surface area contributed by atoms with Gasteiger partial charge in [0.25, 0.3) is 0 Å². The maximum absolute atomic E-state index is 12.2. The molecule has 0 aliphatic carbocycles. The molecule has 1 aliphatic rings. The summed E-state index contributed by atoms with van der Waals surface area (Å²) in [5.41, 5.74) is 8.01. The maximum Gasteiger partial charge on any atom is 0.231 e. The van der Waals surface area contributed by atoms with Crippen LogP contribution in [0.2, 0.25) is 0 Å². The van der Waals surface area contributed by atoms with Crippen molar-refractivity contribution >= 4 is 38.8 Å². The minimum absolute atomic E-state index is 0.0478. The van der Waals surface area contributed by atoms with Crippen molar-refractivity contribution in [3.8, 4) is 22.8 Å². The molecule has 4 aromatic rings. The van der Waals surface area contributed by atoms with Gasteiger partial charge in [-0.3, -0.25) is 0 Å². The van der Waals surface area contributed by atoms with Gasteiger partial charge in [-0.05, 0) is 43.5 Å². The summed E-state index contributed by atoms with van der Waals surface area (Å²) >= 11 is 1.41. The van der Waals surface area contributed by atoms with Gasteiger partial charge in [-0.2, -0.15) is 0 Å². The monoisotopic (exact) mass is 544 g/mol. The Morgan fingerprint density at radius 2 is 1.97 bits per heavy atom. The zero-order chi connectivity index (χ0) is 26.2. The second kappa shape index (κ2) is 10.2. The fourth-order valence-corrected chi connectivity index (χ4v) is 6.56. The van der Waals surface area contributed by atoms with Crippen LogP contribution >= 0.6 is 11.8 Å². The van der Waals surface area contributed by atoms with Crippen molar-refractivity contribution in [3.05, 3.63) is 36.4 Å². The highest BCUT2D eigenvalue weighted by molar-refractivity contribution is 7.99. The molecule has 0 saturated carbocycles. The molecule has 0 radical (unpaired) electrons. The molecule has 37 heavy (non-hydrogen) atoms. The summed E-state index contributed by atoms with van der Waals surface area (Å²) in [5.74, 6) is 3.17. The third-order valence-electron chi connectivity index (χ3n) is 5.64. The number of aromatic nitrogens is 4. The fourth-order valence-electron chi connectivity index (χ4n) is 4.05. The van der Waals surface area contributed by atoms with Crippen LogP contribution in [0.15, 0.2) is 45.1 Å². The summed E-state index contributed by atoms with van der Waals surface area (Å²) in [7, 11) is -3.33. The molecular formula is C24H28N6O5S2. The van der Waals surface area contributed by atoms with Crippen molar-refractivity contribution in [1.82, 2.24) is 24.2 Å². The van der Waals surface area contributed by atoms with Gasteiger partial charge in [-0.1, -0.05) is 25.6 Å². The van der Waals surface area contributed by atoms with Crippen LogP contribution in [0.4, 0.5) is 5.82 Å². The third kappa shape index (κ3) is 5.53. The minimum atomic E-state index is -3.33. The maximum atomic E-state index is 12.2. The number of rotatable bonds is 10. The molecule has 11 nitrogen and oxygen atoms in total. The highest BCUT2D eigenvalue weighted by atomic mass is 32.2. The molecule has 1 aliphatic heterocycles. The number of furan rings is 1. The number of nitrogen functional groups attached to an aromatic ring is 1. The van der Waals surface area contributed by atoms with Crippen molar-refractivity contribution in [2.75, 3.05) is 24.8 Å². The molecule has 3 aromatic heterocycles. The summed E-state index contributed by atoms with van der Waals surface area (Å²) in [6.07, 6.45) is 1.93. The molecule has 196 valence electrons. The standard InChI is InChI=1S/C24H28N6O5S2/c1-14(2)11-37(31,32)28-7-4-8-30-23-21(22(25)26-12-27-23)29-24(30)36-20-10-19-18(33-13-34-19)9-16(20)17-6-5-15(3)35-17/h5-6,9-10,12,14,28H,4,7-8,11,13H2,1-3H3,(H2,25,26,27). The summed E-state index contributed by atoms with van der Waals surface area (Å²) in [5, 5.41) is 0.635. The topological polar surface area (TPSA) is 147 Å². The predicted molar refractivity (Wildman–Crippen MR) is 140 cm³/mol. The first-order valence-electron chi connectivity index (χ1n) is 11.8. The zero-order valence-corrected chi connectivity index (χ0v) is 22.4. The first kappa shape index (κ1) is 25.4. The van der Waals surface area contributed by atoms with Crippen LogP contribution in [0, 0.1) is 12.8 Å². The van der Waals surface area contributed by atoms with E-state index in [0.29, 0.717) is 53.1 Å². The van der Waals surface area contributed by atoms with Crippen LogP contribution in [0.1, 0.15) is 26.0 Å². The molecule has 0 amide bonds. The molecule has 4 heterocycles. The molecule has 5 rings (SSSR count). The number of hydrogen-bond donors (Lipinski definition) is 2. The van der Waals surface area contributed by atoms with E-state index < -0.39 is 10.0 Å². The van der Waals surface area contributed by atoms with Crippen LogP contribution in [0.5, 0.6) is 11.5 Å². The lowest BCUT2D eigenvalue weighted by Gasteiger charge is -2.12. The van der Waals surface area contributed by atoms with E-state index in [2.05, 4.69) is 14.7 Å². The largest absolute Gasteiger partial charge is 0.461 e. The van der Waals surface area contributed by atoms with Crippen molar-refractivity contribution in [3.63, 3.8) is 0 Å². The van der Waals surface area contributed by atoms with E-state index in [0.717, 1.165) is 16.2 Å². The molecule has 0 unspecified atom stereocenters. The number of imidazole rings is 1. The number of nitrogens with one attached hydrogen (secondary N) is 1. The van der Waals surface area contributed by atoms with Crippen molar-refractivity contribution in [2.24, 2.45) is 5.92 Å². The average Bonchev–Trinajstić information content (AvgIpc) is 3.54. The predicted octanol–water partition coefficient (Wildman–Crippen LogP) is 3.82. The number of hydrogen-bond acceptors (Lipinski definition) is 10. The van der Waals surface area contributed by atoms with Gasteiger partial charge >= 0.3 is 0 Å².